The van der Waals surface area contributed by atoms with Crippen LogP contribution in [0.5, 0.6) is 0 Å². The van der Waals surface area contributed by atoms with E-state index in [1.165, 1.54) is 16.8 Å². The minimum atomic E-state index is -4.60. The van der Waals surface area contributed by atoms with E-state index in [9.17, 15) is 21.6 Å². The highest BCUT2D eigenvalue weighted by Crippen LogP contribution is 2.33. The van der Waals surface area contributed by atoms with Crippen LogP contribution in [0.15, 0.2) is 83.8 Å². The topological polar surface area (TPSA) is 116 Å². The van der Waals surface area contributed by atoms with Crippen LogP contribution in [-0.4, -0.2) is 18.2 Å². The number of alkyl halides is 3. The van der Waals surface area contributed by atoms with Crippen molar-refractivity contribution in [3.05, 3.63) is 90.1 Å². The van der Waals surface area contributed by atoms with E-state index in [2.05, 4.69) is 10.4 Å². The van der Waals surface area contributed by atoms with E-state index in [0.717, 1.165) is 11.6 Å². The molecule has 0 aliphatic rings. The maximum atomic E-state index is 13.4. The second kappa shape index (κ2) is 8.93. The zero-order chi connectivity index (χ0) is 24.5. The van der Waals surface area contributed by atoms with Crippen molar-refractivity contribution in [1.29, 1.82) is 0 Å². The Balaban J connectivity index is 1.64. The summed E-state index contributed by atoms with van der Waals surface area (Å²) in [4.78, 5) is -0.0143. The minimum absolute atomic E-state index is 0.0143. The van der Waals surface area contributed by atoms with E-state index in [0.29, 0.717) is 29.2 Å². The molecule has 0 amide bonds. The van der Waals surface area contributed by atoms with Crippen molar-refractivity contribution < 1.29 is 21.6 Å². The quantitative estimate of drug-likeness (QED) is 0.373. The molecule has 0 aliphatic carbocycles. The number of hydrogen-bond donors (Lipinski definition) is 3. The van der Waals surface area contributed by atoms with Gasteiger partial charge in [0.15, 0.2) is 5.69 Å². The fourth-order valence-corrected chi connectivity index (χ4v) is 3.83. The molecule has 3 aromatic carbocycles. The molecule has 0 atom stereocenters. The number of halogens is 3. The molecule has 0 unspecified atom stereocenters. The van der Waals surface area contributed by atoms with Gasteiger partial charge in [-0.05, 0) is 60.2 Å². The smallest absolute Gasteiger partial charge is 0.356 e. The van der Waals surface area contributed by atoms with Crippen molar-refractivity contribution in [2.45, 2.75) is 17.6 Å². The zero-order valence-electron chi connectivity index (χ0n) is 17.6. The Morgan fingerprint density at radius 3 is 1.94 bits per heavy atom. The van der Waals surface area contributed by atoms with Crippen LogP contribution in [-0.2, 0) is 22.7 Å². The average molecular weight is 488 g/mol. The maximum Gasteiger partial charge on any atom is 0.435 e. The molecule has 5 N–H and O–H groups in total. The molecule has 4 aromatic rings. The SMILES string of the molecule is NCc1ccc(-c2cc(C(F)(F)F)nn2-c2ccc(Nc3ccc(S(N)(=O)=O)cc3)cc2)cc1. The molecule has 34 heavy (non-hydrogen) atoms. The highest BCUT2D eigenvalue weighted by atomic mass is 32.2. The Morgan fingerprint density at radius 1 is 0.882 bits per heavy atom. The van der Waals surface area contributed by atoms with Crippen LogP contribution in [0, 0.1) is 0 Å². The van der Waals surface area contributed by atoms with Crippen LogP contribution in [0.1, 0.15) is 11.3 Å². The normalized spacial score (nSPS) is 12.0. The molecule has 1 heterocycles. The third kappa shape index (κ3) is 5.11. The monoisotopic (exact) mass is 487 g/mol. The van der Waals surface area contributed by atoms with Crippen LogP contribution in [0.25, 0.3) is 16.9 Å². The lowest BCUT2D eigenvalue weighted by Crippen LogP contribution is -2.11. The Kier molecular flexibility index (Phi) is 6.17. The van der Waals surface area contributed by atoms with E-state index in [1.54, 1.807) is 60.7 Å². The molecule has 0 bridgehead atoms. The number of anilines is 2. The van der Waals surface area contributed by atoms with Crippen LogP contribution in [0.4, 0.5) is 24.5 Å². The minimum Gasteiger partial charge on any atom is -0.356 e. The lowest BCUT2D eigenvalue weighted by atomic mass is 10.1. The van der Waals surface area contributed by atoms with Gasteiger partial charge in [0, 0.05) is 23.5 Å². The van der Waals surface area contributed by atoms with Gasteiger partial charge in [-0.2, -0.15) is 18.3 Å². The third-order valence-electron chi connectivity index (χ3n) is 5.07. The van der Waals surface area contributed by atoms with Gasteiger partial charge in [0.05, 0.1) is 16.3 Å². The van der Waals surface area contributed by atoms with Crippen molar-refractivity contribution in [2.75, 3.05) is 5.32 Å². The van der Waals surface area contributed by atoms with Gasteiger partial charge in [0.25, 0.3) is 0 Å². The van der Waals surface area contributed by atoms with Crippen molar-refractivity contribution in [3.8, 4) is 16.9 Å². The van der Waals surface area contributed by atoms with E-state index >= 15 is 0 Å². The summed E-state index contributed by atoms with van der Waals surface area (Å²) in [7, 11) is -3.79. The lowest BCUT2D eigenvalue weighted by Gasteiger charge is -2.11. The van der Waals surface area contributed by atoms with Crippen LogP contribution in [0.3, 0.4) is 0 Å². The molecular weight excluding hydrogens is 467 g/mol. The number of rotatable bonds is 6. The van der Waals surface area contributed by atoms with Crippen LogP contribution >= 0.6 is 0 Å². The van der Waals surface area contributed by atoms with Gasteiger partial charge in [-0.1, -0.05) is 24.3 Å². The van der Waals surface area contributed by atoms with Gasteiger partial charge in [-0.25, -0.2) is 18.2 Å². The molecule has 4 rings (SSSR count). The van der Waals surface area contributed by atoms with Crippen molar-refractivity contribution in [1.82, 2.24) is 9.78 Å². The van der Waals surface area contributed by atoms with Gasteiger partial charge < -0.3 is 11.1 Å². The molecule has 176 valence electrons. The largest absolute Gasteiger partial charge is 0.435 e. The van der Waals surface area contributed by atoms with Crippen LogP contribution < -0.4 is 16.2 Å². The van der Waals surface area contributed by atoms with E-state index in [1.807, 2.05) is 0 Å². The number of sulfonamides is 1. The lowest BCUT2D eigenvalue weighted by molar-refractivity contribution is -0.141. The Bertz CT molecular complexity index is 1400. The average Bonchev–Trinajstić information content (AvgIpc) is 3.26. The molecular formula is C23H20F3N5O2S. The summed E-state index contributed by atoms with van der Waals surface area (Å²) < 4.78 is 64.2. The summed E-state index contributed by atoms with van der Waals surface area (Å²) in [6.07, 6.45) is -4.60. The number of nitrogens with one attached hydrogen (secondary N) is 1. The zero-order valence-corrected chi connectivity index (χ0v) is 18.4. The summed E-state index contributed by atoms with van der Waals surface area (Å²) in [6, 6.07) is 20.4. The standard InChI is InChI=1S/C23H20F3N5O2S/c24-23(25,26)22-13-21(16-3-1-15(14-27)2-4-16)31(30-22)19-9-5-17(6-10-19)29-18-7-11-20(12-8-18)34(28,32)33/h1-13,29H,14,27H2,(H2,28,32,33). The van der Waals surface area contributed by atoms with E-state index < -0.39 is 21.9 Å². The van der Waals surface area contributed by atoms with Crippen molar-refractivity contribution in [2.24, 2.45) is 10.9 Å². The molecule has 0 fully saturated rings. The van der Waals surface area contributed by atoms with Crippen molar-refractivity contribution >= 4 is 21.4 Å². The first kappa shape index (κ1) is 23.5. The Hall–Kier alpha value is -3.67. The summed E-state index contributed by atoms with van der Waals surface area (Å²) in [6.45, 7) is 0.326. The first-order valence-corrected chi connectivity index (χ1v) is 11.6. The first-order valence-electron chi connectivity index (χ1n) is 10.0. The Labute approximate surface area is 193 Å². The predicted molar refractivity (Wildman–Crippen MR) is 123 cm³/mol. The maximum absolute atomic E-state index is 13.4. The number of nitrogens with two attached hydrogens (primary N) is 2. The molecule has 11 heteroatoms. The van der Waals surface area contributed by atoms with Crippen LogP contribution in [0.2, 0.25) is 0 Å². The van der Waals surface area contributed by atoms with Crippen molar-refractivity contribution in [3.63, 3.8) is 0 Å². The molecule has 0 saturated heterocycles. The van der Waals surface area contributed by atoms with Gasteiger partial charge in [-0.3, -0.25) is 0 Å². The fourth-order valence-electron chi connectivity index (χ4n) is 3.31. The molecule has 1 aromatic heterocycles. The number of hydrogen-bond acceptors (Lipinski definition) is 5. The Morgan fingerprint density at radius 2 is 1.44 bits per heavy atom. The van der Waals surface area contributed by atoms with Gasteiger partial charge in [0.2, 0.25) is 10.0 Å². The summed E-state index contributed by atoms with van der Waals surface area (Å²) in [5.41, 5.74) is 8.02. The second-order valence-electron chi connectivity index (χ2n) is 7.47. The molecule has 0 aliphatic heterocycles. The highest BCUT2D eigenvalue weighted by Gasteiger charge is 2.35. The predicted octanol–water partition coefficient (Wildman–Crippen LogP) is 4.41. The van der Waals surface area contributed by atoms with Gasteiger partial charge >= 0.3 is 6.18 Å². The van der Waals surface area contributed by atoms with Gasteiger partial charge in [0.1, 0.15) is 0 Å². The molecule has 0 spiro atoms. The number of nitrogens with zero attached hydrogens (tertiary/aromatic N) is 2. The summed E-state index contributed by atoms with van der Waals surface area (Å²) in [5, 5.41) is 12.0. The summed E-state index contributed by atoms with van der Waals surface area (Å²) >= 11 is 0. The second-order valence-corrected chi connectivity index (χ2v) is 9.03. The number of aromatic nitrogens is 2. The summed E-state index contributed by atoms with van der Waals surface area (Å²) in [5.74, 6) is 0. The van der Waals surface area contributed by atoms with E-state index in [4.69, 9.17) is 10.9 Å². The highest BCUT2D eigenvalue weighted by molar-refractivity contribution is 7.89. The number of benzene rings is 3. The van der Waals surface area contributed by atoms with Gasteiger partial charge in [-0.15, -0.1) is 0 Å². The molecule has 0 saturated carbocycles. The van der Waals surface area contributed by atoms with E-state index in [-0.39, 0.29) is 10.6 Å². The molecule has 0 radical (unpaired) electrons. The molecule has 7 nitrogen and oxygen atoms in total. The fraction of sp³-hybridized carbons (Fsp3) is 0.0870. The first-order chi connectivity index (χ1) is 16.0. The number of primary sulfonamides is 1. The third-order valence-corrected chi connectivity index (χ3v) is 6.00.